The third-order valence-corrected chi connectivity index (χ3v) is 5.20. The van der Waals surface area contributed by atoms with E-state index >= 15 is 0 Å². The minimum atomic E-state index is 0.233. The Morgan fingerprint density at radius 1 is 1.00 bits per heavy atom. The summed E-state index contributed by atoms with van der Waals surface area (Å²) in [5.74, 6) is 0.233. The van der Waals surface area contributed by atoms with Crippen LogP contribution in [0.5, 0.6) is 5.75 Å². The van der Waals surface area contributed by atoms with Gasteiger partial charge in [0.1, 0.15) is 5.75 Å². The number of halogens is 1. The van der Waals surface area contributed by atoms with Crippen LogP contribution in [0.25, 0.3) is 0 Å². The van der Waals surface area contributed by atoms with Gasteiger partial charge in [-0.15, -0.1) is 0 Å². The van der Waals surface area contributed by atoms with E-state index in [4.69, 9.17) is 16.6 Å². The normalized spacial score (nSPS) is 13.5. The van der Waals surface area contributed by atoms with Crippen molar-refractivity contribution >= 4 is 23.0 Å². The summed E-state index contributed by atoms with van der Waals surface area (Å²) in [7, 11) is 2.03. The average molecular weight is 389 g/mol. The van der Waals surface area contributed by atoms with Gasteiger partial charge in [0.25, 0.3) is 0 Å². The van der Waals surface area contributed by atoms with Gasteiger partial charge in [-0.2, -0.15) is 0 Å². The van der Waals surface area contributed by atoms with Crippen molar-refractivity contribution in [1.82, 2.24) is 0 Å². The minimum Gasteiger partial charge on any atom is -0.508 e. The number of hydrogen-bond acceptors (Lipinski definition) is 3. The minimum absolute atomic E-state index is 0.233. The Morgan fingerprint density at radius 2 is 1.75 bits per heavy atom. The maximum Gasteiger partial charge on any atom is 0.115 e. The summed E-state index contributed by atoms with van der Waals surface area (Å²) in [6.07, 6.45) is 2.81. The Kier molecular flexibility index (Phi) is 4.93. The van der Waals surface area contributed by atoms with Gasteiger partial charge in [0.05, 0.1) is 17.1 Å². The molecule has 0 fully saturated rings. The number of phenolic OH excluding ortho intramolecular Hbond substituents is 1. The van der Waals surface area contributed by atoms with Crippen LogP contribution in [-0.4, -0.2) is 17.9 Å². The number of allylic oxidation sites excluding steroid dienone is 1. The van der Waals surface area contributed by atoms with E-state index in [0.717, 1.165) is 34.6 Å². The van der Waals surface area contributed by atoms with Crippen molar-refractivity contribution in [3.8, 4) is 5.75 Å². The van der Waals surface area contributed by atoms with E-state index in [1.165, 1.54) is 11.1 Å². The molecule has 0 saturated carbocycles. The average Bonchev–Trinajstić information content (AvgIpc) is 2.81. The summed E-state index contributed by atoms with van der Waals surface area (Å²) < 4.78 is 0. The topological polar surface area (TPSA) is 35.8 Å². The molecule has 3 aromatic carbocycles. The van der Waals surface area contributed by atoms with E-state index in [-0.39, 0.29) is 5.75 Å². The molecule has 0 aromatic heterocycles. The number of fused-ring (bicyclic) bond motifs is 1. The largest absolute Gasteiger partial charge is 0.508 e. The first kappa shape index (κ1) is 18.3. The fourth-order valence-electron chi connectivity index (χ4n) is 3.46. The summed E-state index contributed by atoms with van der Waals surface area (Å²) >= 11 is 6.31. The number of hydrogen-bond donors (Lipinski definition) is 1. The molecule has 1 aliphatic heterocycles. The fourth-order valence-corrected chi connectivity index (χ4v) is 3.63. The lowest BCUT2D eigenvalue weighted by Crippen LogP contribution is -2.12. The predicted molar refractivity (Wildman–Crippen MR) is 117 cm³/mol. The molecular weight excluding hydrogens is 368 g/mol. The first-order valence-corrected chi connectivity index (χ1v) is 9.55. The van der Waals surface area contributed by atoms with Crippen LogP contribution in [0.1, 0.15) is 22.3 Å². The molecule has 0 atom stereocenters. The van der Waals surface area contributed by atoms with Gasteiger partial charge >= 0.3 is 0 Å². The molecule has 0 amide bonds. The second kappa shape index (κ2) is 7.53. The monoisotopic (exact) mass is 388 g/mol. The second-order valence-electron chi connectivity index (χ2n) is 7.00. The number of anilines is 1. The van der Waals surface area contributed by atoms with Crippen molar-refractivity contribution in [1.29, 1.82) is 0 Å². The molecule has 0 spiro atoms. The Hall–Kier alpha value is -3.04. The number of phenols is 1. The van der Waals surface area contributed by atoms with E-state index in [2.05, 4.69) is 42.3 Å². The van der Waals surface area contributed by atoms with Crippen molar-refractivity contribution in [3.05, 3.63) is 106 Å². The molecule has 28 heavy (non-hydrogen) atoms. The molecule has 4 rings (SSSR count). The van der Waals surface area contributed by atoms with Gasteiger partial charge in [-0.25, -0.2) is 0 Å². The van der Waals surface area contributed by atoms with Crippen LogP contribution < -0.4 is 4.90 Å². The van der Waals surface area contributed by atoms with E-state index < -0.39 is 0 Å². The third kappa shape index (κ3) is 3.67. The zero-order valence-electron chi connectivity index (χ0n) is 15.9. The summed E-state index contributed by atoms with van der Waals surface area (Å²) in [6, 6.07) is 21.4. The Labute approximate surface area is 170 Å². The summed E-state index contributed by atoms with van der Waals surface area (Å²) in [5.41, 5.74) is 7.26. The Bertz CT molecular complexity index is 1080. The number of nitrogens with zero attached hydrogens (tertiary/aromatic N) is 2. The van der Waals surface area contributed by atoms with Gasteiger partial charge < -0.3 is 10.0 Å². The number of aliphatic imine (C=N–C) groups is 1. The Morgan fingerprint density at radius 3 is 2.50 bits per heavy atom. The number of aromatic hydroxyl groups is 1. The van der Waals surface area contributed by atoms with Gasteiger partial charge in [-0.05, 0) is 60.5 Å². The molecule has 1 heterocycles. The van der Waals surface area contributed by atoms with E-state index in [0.29, 0.717) is 5.02 Å². The smallest absolute Gasteiger partial charge is 0.115 e. The fraction of sp³-hybridized carbons (Fsp3) is 0.125. The van der Waals surface area contributed by atoms with Gasteiger partial charge in [0.2, 0.25) is 0 Å². The second-order valence-corrected chi connectivity index (χ2v) is 7.44. The van der Waals surface area contributed by atoms with Crippen molar-refractivity contribution in [2.75, 3.05) is 11.9 Å². The van der Waals surface area contributed by atoms with Crippen LogP contribution in [0.2, 0.25) is 5.02 Å². The number of aryl methyl sites for hydroxylation is 1. The summed E-state index contributed by atoms with van der Waals surface area (Å²) in [4.78, 5) is 7.13. The quantitative estimate of drug-likeness (QED) is 0.622. The molecule has 0 aliphatic carbocycles. The molecule has 3 nitrogen and oxygen atoms in total. The van der Waals surface area contributed by atoms with Crippen LogP contribution in [0.4, 0.5) is 5.69 Å². The van der Waals surface area contributed by atoms with Crippen molar-refractivity contribution in [3.63, 3.8) is 0 Å². The molecule has 0 radical (unpaired) electrons. The van der Waals surface area contributed by atoms with E-state index in [1.54, 1.807) is 12.1 Å². The summed E-state index contributed by atoms with van der Waals surface area (Å²) in [5, 5.41) is 10.4. The first-order chi connectivity index (χ1) is 13.5. The highest BCUT2D eigenvalue weighted by atomic mass is 35.5. The molecule has 0 unspecified atom stereocenters. The van der Waals surface area contributed by atoms with Gasteiger partial charge in [-0.1, -0.05) is 35.9 Å². The van der Waals surface area contributed by atoms with Crippen molar-refractivity contribution in [2.24, 2.45) is 4.99 Å². The Balaban J connectivity index is 1.86. The molecule has 140 valence electrons. The highest BCUT2D eigenvalue weighted by Gasteiger charge is 2.19. The van der Waals surface area contributed by atoms with Crippen LogP contribution in [0, 0.1) is 6.92 Å². The molecule has 1 N–H and O–H groups in total. The lowest BCUT2D eigenvalue weighted by molar-refractivity contribution is 0.475. The number of benzene rings is 3. The molecule has 0 saturated heterocycles. The molecular formula is C24H21ClN2O. The van der Waals surface area contributed by atoms with Gasteiger partial charge in [-0.3, -0.25) is 4.99 Å². The lowest BCUT2D eigenvalue weighted by Gasteiger charge is -2.18. The van der Waals surface area contributed by atoms with Crippen LogP contribution in [0.3, 0.4) is 0 Å². The molecule has 0 bridgehead atoms. The van der Waals surface area contributed by atoms with Crippen molar-refractivity contribution < 1.29 is 5.11 Å². The van der Waals surface area contributed by atoms with E-state index in [1.807, 2.05) is 37.4 Å². The van der Waals surface area contributed by atoms with Crippen LogP contribution >= 0.6 is 11.6 Å². The molecule has 1 aliphatic rings. The zero-order chi connectivity index (χ0) is 19.7. The molecule has 3 aromatic rings. The highest BCUT2D eigenvalue weighted by Crippen LogP contribution is 2.31. The van der Waals surface area contributed by atoms with Crippen LogP contribution in [0.15, 0.2) is 83.6 Å². The van der Waals surface area contributed by atoms with Gasteiger partial charge in [0, 0.05) is 35.8 Å². The maximum atomic E-state index is 9.69. The zero-order valence-corrected chi connectivity index (χ0v) is 16.6. The highest BCUT2D eigenvalue weighted by molar-refractivity contribution is 6.31. The lowest BCUT2D eigenvalue weighted by atomic mass is 10.00. The third-order valence-electron chi connectivity index (χ3n) is 4.97. The first-order valence-electron chi connectivity index (χ1n) is 9.17. The standard InChI is InChI=1S/C24H21ClN2O/c1-16-5-3-4-6-18(16)13-20-15-27(2)23-12-9-19(25)14-22(23)24(26-20)17-7-10-21(28)11-8-17/h3-12,14-15,28H,13H2,1-2H3. The maximum absolute atomic E-state index is 9.69. The molecule has 4 heteroatoms. The number of rotatable bonds is 3. The van der Waals surface area contributed by atoms with E-state index in [9.17, 15) is 5.11 Å². The SMILES string of the molecule is Cc1ccccc1CC1=CN(C)c2ccc(Cl)cc2C(c2ccc(O)cc2)=N1. The van der Waals surface area contributed by atoms with Gasteiger partial charge in [0.15, 0.2) is 0 Å². The predicted octanol–water partition coefficient (Wildman–Crippen LogP) is 5.73. The summed E-state index contributed by atoms with van der Waals surface area (Å²) in [6.45, 7) is 2.12. The van der Waals surface area contributed by atoms with Crippen molar-refractivity contribution in [2.45, 2.75) is 13.3 Å². The van der Waals surface area contributed by atoms with Crippen LogP contribution in [-0.2, 0) is 6.42 Å².